The minimum atomic E-state index is -4.52. The van der Waals surface area contributed by atoms with Crippen molar-refractivity contribution in [1.29, 1.82) is 0 Å². The van der Waals surface area contributed by atoms with Crippen LogP contribution in [0.3, 0.4) is 0 Å². The molecule has 4 nitrogen and oxygen atoms in total. The van der Waals surface area contributed by atoms with E-state index in [1.807, 2.05) is 30.3 Å². The van der Waals surface area contributed by atoms with Gasteiger partial charge >= 0.3 is 6.18 Å². The van der Waals surface area contributed by atoms with E-state index in [4.69, 9.17) is 4.74 Å². The van der Waals surface area contributed by atoms with Gasteiger partial charge in [0.15, 0.2) is 0 Å². The normalized spacial score (nSPS) is 13.8. The van der Waals surface area contributed by atoms with Crippen LogP contribution in [0.15, 0.2) is 54.6 Å². The van der Waals surface area contributed by atoms with E-state index in [2.05, 4.69) is 10.6 Å². The van der Waals surface area contributed by atoms with E-state index >= 15 is 0 Å². The number of nitrogens with one attached hydrogen (secondary N) is 2. The molecule has 0 bridgehead atoms. The Kier molecular flexibility index (Phi) is 7.38. The largest absolute Gasteiger partial charge is 0.418 e. The van der Waals surface area contributed by atoms with E-state index in [-0.39, 0.29) is 24.3 Å². The second-order valence-electron chi connectivity index (χ2n) is 6.24. The van der Waals surface area contributed by atoms with Crippen LogP contribution in [0.2, 0.25) is 0 Å². The molecular weight excluding hydrogens is 357 g/mol. The smallest absolute Gasteiger partial charge is 0.375 e. The molecule has 2 aromatic carbocycles. The Bertz CT molecular complexity index is 736. The predicted octanol–water partition coefficient (Wildman–Crippen LogP) is 4.40. The highest BCUT2D eigenvalue weighted by Gasteiger charge is 2.33. The summed E-state index contributed by atoms with van der Waals surface area (Å²) in [7, 11) is 1.60. The lowest BCUT2D eigenvalue weighted by Crippen LogP contribution is -2.34. The molecule has 0 heterocycles. The number of benzene rings is 2. The number of amides is 1. The van der Waals surface area contributed by atoms with Crippen molar-refractivity contribution in [2.75, 3.05) is 19.0 Å². The molecule has 0 aromatic heterocycles. The van der Waals surface area contributed by atoms with Gasteiger partial charge in [-0.2, -0.15) is 13.2 Å². The molecule has 0 radical (unpaired) electrons. The average molecular weight is 380 g/mol. The summed E-state index contributed by atoms with van der Waals surface area (Å²) in [6.45, 7) is 2.28. The van der Waals surface area contributed by atoms with Gasteiger partial charge in [-0.1, -0.05) is 42.5 Å². The molecule has 0 aliphatic rings. The third-order valence-electron chi connectivity index (χ3n) is 4.11. The first-order valence-corrected chi connectivity index (χ1v) is 8.58. The van der Waals surface area contributed by atoms with Gasteiger partial charge in [-0.15, -0.1) is 0 Å². The molecule has 2 unspecified atom stereocenters. The number of ether oxygens (including phenoxy) is 1. The maximum Gasteiger partial charge on any atom is 0.418 e. The molecule has 0 aliphatic heterocycles. The van der Waals surface area contributed by atoms with Crippen LogP contribution in [-0.4, -0.2) is 25.6 Å². The number of anilines is 1. The number of hydrogen-bond donors (Lipinski definition) is 2. The molecule has 27 heavy (non-hydrogen) atoms. The van der Waals surface area contributed by atoms with Gasteiger partial charge in [0.05, 0.1) is 17.4 Å². The van der Waals surface area contributed by atoms with Gasteiger partial charge in [-0.3, -0.25) is 4.79 Å². The van der Waals surface area contributed by atoms with Crippen molar-refractivity contribution in [3.05, 3.63) is 65.7 Å². The van der Waals surface area contributed by atoms with Crippen LogP contribution in [0.1, 0.15) is 30.6 Å². The molecular formula is C20H23F3N2O2. The fourth-order valence-electron chi connectivity index (χ4n) is 2.70. The number of carbonyl (C=O) groups is 1. The Morgan fingerprint density at radius 3 is 2.33 bits per heavy atom. The number of methoxy groups -OCH3 is 1. The molecule has 1 amide bonds. The maximum atomic E-state index is 13.0. The topological polar surface area (TPSA) is 50.4 Å². The quantitative estimate of drug-likeness (QED) is 0.714. The third-order valence-corrected chi connectivity index (χ3v) is 4.11. The molecule has 2 aromatic rings. The van der Waals surface area contributed by atoms with Crippen LogP contribution < -0.4 is 10.6 Å². The van der Waals surface area contributed by atoms with Gasteiger partial charge < -0.3 is 15.4 Å². The summed E-state index contributed by atoms with van der Waals surface area (Å²) in [6, 6.07) is 14.3. The second-order valence-corrected chi connectivity index (χ2v) is 6.24. The number of halogens is 3. The minimum absolute atomic E-state index is 0.0391. The van der Waals surface area contributed by atoms with E-state index in [0.717, 1.165) is 11.6 Å². The lowest BCUT2D eigenvalue weighted by atomic mass is 10.1. The summed E-state index contributed by atoms with van der Waals surface area (Å²) in [4.78, 5) is 12.1. The third kappa shape index (κ3) is 6.37. The number of alkyl halides is 3. The van der Waals surface area contributed by atoms with E-state index in [9.17, 15) is 18.0 Å². The van der Waals surface area contributed by atoms with Crippen molar-refractivity contribution in [1.82, 2.24) is 5.32 Å². The van der Waals surface area contributed by atoms with Gasteiger partial charge in [0, 0.05) is 26.1 Å². The highest BCUT2D eigenvalue weighted by Crippen LogP contribution is 2.34. The van der Waals surface area contributed by atoms with Gasteiger partial charge in [0.1, 0.15) is 0 Å². The van der Waals surface area contributed by atoms with Gasteiger partial charge in [-0.25, -0.2) is 0 Å². The first kappa shape index (κ1) is 20.9. The maximum absolute atomic E-state index is 13.0. The summed E-state index contributed by atoms with van der Waals surface area (Å²) >= 11 is 0. The molecule has 0 fully saturated rings. The zero-order chi connectivity index (χ0) is 19.9. The number of rotatable bonds is 8. The van der Waals surface area contributed by atoms with Crippen LogP contribution in [0.4, 0.5) is 18.9 Å². The van der Waals surface area contributed by atoms with Crippen LogP contribution in [0.5, 0.6) is 0 Å². The lowest BCUT2D eigenvalue weighted by molar-refractivity contribution is -0.137. The van der Waals surface area contributed by atoms with Crippen LogP contribution in [0.25, 0.3) is 0 Å². The van der Waals surface area contributed by atoms with Gasteiger partial charge in [-0.05, 0) is 24.6 Å². The Labute approximate surface area is 156 Å². The molecule has 2 N–H and O–H groups in total. The van der Waals surface area contributed by atoms with Crippen LogP contribution >= 0.6 is 0 Å². The average Bonchev–Trinajstić information content (AvgIpc) is 2.62. The molecule has 0 aliphatic carbocycles. The fraction of sp³-hybridized carbons (Fsp3) is 0.350. The molecule has 2 rings (SSSR count). The molecule has 0 spiro atoms. The van der Waals surface area contributed by atoms with Crippen LogP contribution in [-0.2, 0) is 15.7 Å². The van der Waals surface area contributed by atoms with Crippen molar-refractivity contribution >= 4 is 11.6 Å². The van der Waals surface area contributed by atoms with Gasteiger partial charge in [0.25, 0.3) is 0 Å². The van der Waals surface area contributed by atoms with Crippen molar-refractivity contribution < 1.29 is 22.7 Å². The van der Waals surface area contributed by atoms with Crippen molar-refractivity contribution in [2.45, 2.75) is 31.7 Å². The summed E-state index contributed by atoms with van der Waals surface area (Å²) in [5, 5.41) is 5.54. The lowest BCUT2D eigenvalue weighted by Gasteiger charge is -2.20. The number of carbonyl (C=O) groups excluding carboxylic acids is 1. The Morgan fingerprint density at radius 1 is 1.07 bits per heavy atom. The first-order valence-electron chi connectivity index (χ1n) is 8.58. The minimum Gasteiger partial charge on any atom is -0.375 e. The van der Waals surface area contributed by atoms with Gasteiger partial charge in [0.2, 0.25) is 5.91 Å². The van der Waals surface area contributed by atoms with E-state index in [1.54, 1.807) is 14.0 Å². The molecule has 2 atom stereocenters. The molecule has 0 saturated carbocycles. The highest BCUT2D eigenvalue weighted by atomic mass is 19.4. The SMILES string of the molecule is COC(CNC(C)CC(=O)Nc1ccccc1C(F)(F)F)c1ccccc1. The molecule has 7 heteroatoms. The highest BCUT2D eigenvalue weighted by molar-refractivity contribution is 5.92. The van der Waals surface area contributed by atoms with E-state index in [0.29, 0.717) is 6.54 Å². The summed E-state index contributed by atoms with van der Waals surface area (Å²) in [5.41, 5.74) is -0.0907. The van der Waals surface area contributed by atoms with Crippen molar-refractivity contribution in [3.63, 3.8) is 0 Å². The zero-order valence-corrected chi connectivity index (χ0v) is 15.2. The Hall–Kier alpha value is -2.38. The van der Waals surface area contributed by atoms with E-state index < -0.39 is 17.6 Å². The Morgan fingerprint density at radius 2 is 1.70 bits per heavy atom. The zero-order valence-electron chi connectivity index (χ0n) is 15.2. The summed E-state index contributed by atoms with van der Waals surface area (Å²) in [6.07, 6.45) is -4.66. The summed E-state index contributed by atoms with van der Waals surface area (Å²) in [5.74, 6) is -0.486. The standard InChI is InChI=1S/C20H23F3N2O2/c1-14(24-13-18(27-2)15-8-4-3-5-9-15)12-19(26)25-17-11-7-6-10-16(17)20(21,22)23/h3-11,14,18,24H,12-13H2,1-2H3,(H,25,26). The summed E-state index contributed by atoms with van der Waals surface area (Å²) < 4.78 is 44.4. The van der Waals surface area contributed by atoms with Crippen molar-refractivity contribution in [3.8, 4) is 0 Å². The number of para-hydroxylation sites is 1. The number of hydrogen-bond acceptors (Lipinski definition) is 3. The second kappa shape index (κ2) is 9.53. The first-order chi connectivity index (χ1) is 12.8. The molecule has 0 saturated heterocycles. The van der Waals surface area contributed by atoms with Crippen LogP contribution in [0, 0.1) is 0 Å². The Balaban J connectivity index is 1.89. The molecule has 146 valence electrons. The van der Waals surface area contributed by atoms with E-state index in [1.165, 1.54) is 18.2 Å². The fourth-order valence-corrected chi connectivity index (χ4v) is 2.70. The van der Waals surface area contributed by atoms with Crippen molar-refractivity contribution in [2.24, 2.45) is 0 Å². The monoisotopic (exact) mass is 380 g/mol. The predicted molar refractivity (Wildman–Crippen MR) is 98.3 cm³/mol.